The molecule has 0 aliphatic heterocycles. The Balaban J connectivity index is 2.22. The molecule has 0 aliphatic rings. The largest absolute Gasteiger partial charge is 0.496 e. The van der Waals surface area contributed by atoms with Crippen LogP contribution in [0.3, 0.4) is 0 Å². The number of para-hydroxylation sites is 1. The molecule has 0 aliphatic carbocycles. The molecule has 1 aromatic rings. The minimum absolute atomic E-state index is 0.0295. The molecule has 1 rings (SSSR count). The molecule has 0 unspecified atom stereocenters. The second kappa shape index (κ2) is 10.7. The van der Waals surface area contributed by atoms with Gasteiger partial charge < -0.3 is 14.2 Å². The molecule has 0 radical (unpaired) electrons. The van der Waals surface area contributed by atoms with E-state index < -0.39 is 5.97 Å². The van der Waals surface area contributed by atoms with E-state index in [0.29, 0.717) is 12.4 Å². The molecule has 0 heterocycles. The number of rotatable bonds is 10. The Morgan fingerprint density at radius 1 is 1.00 bits per heavy atom. The summed E-state index contributed by atoms with van der Waals surface area (Å²) in [7, 11) is 1.56. The van der Waals surface area contributed by atoms with E-state index >= 15 is 0 Å². The van der Waals surface area contributed by atoms with Crippen LogP contribution < -0.4 is 4.74 Å². The standard InChI is InChI=1S/C17H24O5/c1-3-4-7-12-21-16(18)10-11-17(19)22-13-14-8-5-6-9-15(14)20-2/h5-6,8-9H,3-4,7,10-13H2,1-2H3. The van der Waals surface area contributed by atoms with Crippen LogP contribution >= 0.6 is 0 Å². The predicted molar refractivity (Wildman–Crippen MR) is 82.5 cm³/mol. The van der Waals surface area contributed by atoms with Gasteiger partial charge in [-0.3, -0.25) is 9.59 Å². The number of hydrogen-bond acceptors (Lipinski definition) is 5. The molecule has 0 amide bonds. The Bertz CT molecular complexity index is 470. The van der Waals surface area contributed by atoms with Crippen molar-refractivity contribution >= 4 is 11.9 Å². The lowest BCUT2D eigenvalue weighted by Gasteiger charge is -2.09. The zero-order valence-electron chi connectivity index (χ0n) is 13.3. The van der Waals surface area contributed by atoms with Gasteiger partial charge in [0.05, 0.1) is 26.6 Å². The minimum Gasteiger partial charge on any atom is -0.496 e. The van der Waals surface area contributed by atoms with Crippen LogP contribution in [0, 0.1) is 0 Å². The Labute approximate surface area is 131 Å². The summed E-state index contributed by atoms with van der Waals surface area (Å²) in [4.78, 5) is 23.1. The Morgan fingerprint density at radius 2 is 1.68 bits per heavy atom. The SMILES string of the molecule is CCCCCOC(=O)CCC(=O)OCc1ccccc1OC. The molecule has 0 N–H and O–H groups in total. The van der Waals surface area contributed by atoms with Crippen molar-refractivity contribution in [1.29, 1.82) is 0 Å². The summed E-state index contributed by atoms with van der Waals surface area (Å²) in [5.41, 5.74) is 0.792. The third kappa shape index (κ3) is 7.11. The average molecular weight is 308 g/mol. The fourth-order valence-electron chi connectivity index (χ4n) is 1.87. The number of carbonyl (C=O) groups excluding carboxylic acids is 2. The Morgan fingerprint density at radius 3 is 2.36 bits per heavy atom. The van der Waals surface area contributed by atoms with Crippen molar-refractivity contribution < 1.29 is 23.8 Å². The highest BCUT2D eigenvalue weighted by Crippen LogP contribution is 2.18. The number of carbonyl (C=O) groups is 2. The average Bonchev–Trinajstić information content (AvgIpc) is 2.55. The quantitative estimate of drug-likeness (QED) is 0.490. The Kier molecular flexibility index (Phi) is 8.72. The van der Waals surface area contributed by atoms with E-state index in [9.17, 15) is 9.59 Å². The highest BCUT2D eigenvalue weighted by Gasteiger charge is 2.10. The van der Waals surface area contributed by atoms with E-state index in [2.05, 4.69) is 6.92 Å². The molecule has 0 saturated carbocycles. The maximum Gasteiger partial charge on any atom is 0.306 e. The maximum atomic E-state index is 11.6. The number of benzene rings is 1. The molecule has 0 spiro atoms. The van der Waals surface area contributed by atoms with E-state index in [-0.39, 0.29) is 25.4 Å². The van der Waals surface area contributed by atoms with Crippen LogP contribution in [0.1, 0.15) is 44.6 Å². The van der Waals surface area contributed by atoms with Gasteiger partial charge in [-0.15, -0.1) is 0 Å². The van der Waals surface area contributed by atoms with Gasteiger partial charge in [-0.05, 0) is 12.5 Å². The van der Waals surface area contributed by atoms with Gasteiger partial charge >= 0.3 is 11.9 Å². The first-order chi connectivity index (χ1) is 10.7. The minimum atomic E-state index is -0.420. The molecular weight excluding hydrogens is 284 g/mol. The molecule has 22 heavy (non-hydrogen) atoms. The molecule has 0 fully saturated rings. The predicted octanol–water partition coefficient (Wildman–Crippen LogP) is 3.25. The molecule has 0 atom stereocenters. The van der Waals surface area contributed by atoms with Crippen LogP contribution in [0.4, 0.5) is 0 Å². The van der Waals surface area contributed by atoms with E-state index in [1.807, 2.05) is 18.2 Å². The van der Waals surface area contributed by atoms with Crippen LogP contribution in [0.2, 0.25) is 0 Å². The van der Waals surface area contributed by atoms with Crippen LogP contribution in [-0.2, 0) is 25.7 Å². The maximum absolute atomic E-state index is 11.6. The smallest absolute Gasteiger partial charge is 0.306 e. The molecular formula is C17H24O5. The highest BCUT2D eigenvalue weighted by molar-refractivity contribution is 5.77. The Hall–Kier alpha value is -2.04. The number of esters is 2. The van der Waals surface area contributed by atoms with Crippen LogP contribution in [0.5, 0.6) is 5.75 Å². The van der Waals surface area contributed by atoms with Gasteiger partial charge in [0.25, 0.3) is 0 Å². The summed E-state index contributed by atoms with van der Waals surface area (Å²) in [6, 6.07) is 7.32. The topological polar surface area (TPSA) is 61.8 Å². The number of ether oxygens (including phenoxy) is 3. The van der Waals surface area contributed by atoms with Crippen molar-refractivity contribution in [3.8, 4) is 5.75 Å². The molecule has 1 aromatic carbocycles. The summed E-state index contributed by atoms with van der Waals surface area (Å²) in [6.45, 7) is 2.64. The highest BCUT2D eigenvalue weighted by atomic mass is 16.5. The molecule has 5 heteroatoms. The van der Waals surface area contributed by atoms with Gasteiger partial charge in [-0.25, -0.2) is 0 Å². The van der Waals surface area contributed by atoms with Crippen LogP contribution in [-0.4, -0.2) is 25.7 Å². The van der Waals surface area contributed by atoms with Gasteiger partial charge in [0.1, 0.15) is 12.4 Å². The zero-order valence-corrected chi connectivity index (χ0v) is 13.3. The fraction of sp³-hybridized carbons (Fsp3) is 0.529. The number of methoxy groups -OCH3 is 1. The molecule has 5 nitrogen and oxygen atoms in total. The monoisotopic (exact) mass is 308 g/mol. The van der Waals surface area contributed by atoms with Gasteiger partial charge in [-0.1, -0.05) is 38.0 Å². The van der Waals surface area contributed by atoms with Gasteiger partial charge in [-0.2, -0.15) is 0 Å². The summed E-state index contributed by atoms with van der Waals surface area (Å²) in [5, 5.41) is 0. The lowest BCUT2D eigenvalue weighted by Crippen LogP contribution is -2.11. The van der Waals surface area contributed by atoms with Crippen molar-refractivity contribution in [3.05, 3.63) is 29.8 Å². The van der Waals surface area contributed by atoms with Gasteiger partial charge in [0.2, 0.25) is 0 Å². The molecule has 0 aromatic heterocycles. The lowest BCUT2D eigenvalue weighted by atomic mass is 10.2. The summed E-state index contributed by atoms with van der Waals surface area (Å²) >= 11 is 0. The first-order valence-electron chi connectivity index (χ1n) is 7.60. The molecule has 0 bridgehead atoms. The lowest BCUT2D eigenvalue weighted by molar-refractivity contribution is -0.151. The zero-order chi connectivity index (χ0) is 16.2. The summed E-state index contributed by atoms with van der Waals surface area (Å²) in [6.07, 6.45) is 3.06. The van der Waals surface area contributed by atoms with Crippen molar-refractivity contribution in [2.45, 2.75) is 45.6 Å². The number of unbranched alkanes of at least 4 members (excludes halogenated alkanes) is 2. The van der Waals surface area contributed by atoms with E-state index in [1.54, 1.807) is 13.2 Å². The van der Waals surface area contributed by atoms with Crippen molar-refractivity contribution in [2.75, 3.05) is 13.7 Å². The van der Waals surface area contributed by atoms with Gasteiger partial charge in [0.15, 0.2) is 0 Å². The third-order valence-corrected chi connectivity index (χ3v) is 3.13. The van der Waals surface area contributed by atoms with E-state index in [1.165, 1.54) is 0 Å². The number of hydrogen-bond donors (Lipinski definition) is 0. The fourth-order valence-corrected chi connectivity index (χ4v) is 1.87. The first-order valence-corrected chi connectivity index (χ1v) is 7.60. The van der Waals surface area contributed by atoms with Crippen molar-refractivity contribution in [2.24, 2.45) is 0 Å². The molecule has 122 valence electrons. The van der Waals surface area contributed by atoms with E-state index in [4.69, 9.17) is 14.2 Å². The van der Waals surface area contributed by atoms with Gasteiger partial charge in [0, 0.05) is 5.56 Å². The third-order valence-electron chi connectivity index (χ3n) is 3.13. The second-order valence-corrected chi connectivity index (χ2v) is 4.90. The summed E-state index contributed by atoms with van der Waals surface area (Å²) < 4.78 is 15.3. The van der Waals surface area contributed by atoms with E-state index in [0.717, 1.165) is 24.8 Å². The first kappa shape index (κ1) is 18.0. The van der Waals surface area contributed by atoms with Crippen molar-refractivity contribution in [1.82, 2.24) is 0 Å². The van der Waals surface area contributed by atoms with Crippen LogP contribution in [0.15, 0.2) is 24.3 Å². The van der Waals surface area contributed by atoms with Crippen molar-refractivity contribution in [3.63, 3.8) is 0 Å². The molecule has 0 saturated heterocycles. The van der Waals surface area contributed by atoms with Crippen LogP contribution in [0.25, 0.3) is 0 Å². The summed E-state index contributed by atoms with van der Waals surface area (Å²) in [5.74, 6) is -0.104. The normalized spacial score (nSPS) is 10.1. The second-order valence-electron chi connectivity index (χ2n) is 4.90.